The molecule has 3 heterocycles. The van der Waals surface area contributed by atoms with E-state index in [0.29, 0.717) is 29.5 Å². The maximum absolute atomic E-state index is 6.10. The molecule has 2 saturated heterocycles. The van der Waals surface area contributed by atoms with Crippen molar-refractivity contribution in [3.05, 3.63) is 22.4 Å². The van der Waals surface area contributed by atoms with Crippen LogP contribution in [0, 0.1) is 11.3 Å². The molecule has 0 radical (unpaired) electrons. The number of aliphatic imine (C=N–C) groups is 1. The number of nitrogens with zero attached hydrogens (tertiary/aromatic N) is 2. The standard InChI is InChI=1S/C23H36N4O2S.HI/c1-3-24-22(26-20-17-7-11-29-21(17)23(20)8-5-9-23)25-14-18(19-6-4-13-30-19)27-10-12-28-16(2)15-27;/h4,6,13,16-18,20-21H,3,5,7-12,14-15H2,1-2H3,(H2,24,25,26);1H. The third-order valence-corrected chi connectivity index (χ3v) is 8.65. The molecule has 1 aromatic heterocycles. The van der Waals surface area contributed by atoms with Gasteiger partial charge in [0.2, 0.25) is 0 Å². The molecule has 31 heavy (non-hydrogen) atoms. The van der Waals surface area contributed by atoms with E-state index >= 15 is 0 Å². The zero-order valence-corrected chi connectivity index (χ0v) is 21.9. The number of fused-ring (bicyclic) bond motifs is 2. The molecule has 2 aliphatic carbocycles. The number of thiophene rings is 1. The van der Waals surface area contributed by atoms with Gasteiger partial charge >= 0.3 is 0 Å². The van der Waals surface area contributed by atoms with Crippen molar-refractivity contribution in [1.82, 2.24) is 15.5 Å². The Bertz CT molecular complexity index is 742. The van der Waals surface area contributed by atoms with Gasteiger partial charge in [0, 0.05) is 48.5 Å². The molecule has 2 aliphatic heterocycles. The van der Waals surface area contributed by atoms with Crippen LogP contribution in [0.5, 0.6) is 0 Å². The molecule has 4 aliphatic rings. The lowest BCUT2D eigenvalue weighted by Crippen LogP contribution is -2.72. The van der Waals surface area contributed by atoms with Crippen molar-refractivity contribution < 1.29 is 9.47 Å². The molecule has 2 saturated carbocycles. The van der Waals surface area contributed by atoms with Gasteiger partial charge in [-0.15, -0.1) is 35.3 Å². The number of hydrogen-bond donors (Lipinski definition) is 2. The number of halogens is 1. The largest absolute Gasteiger partial charge is 0.377 e. The van der Waals surface area contributed by atoms with E-state index in [9.17, 15) is 0 Å². The fourth-order valence-electron chi connectivity index (χ4n) is 6.10. The van der Waals surface area contributed by atoms with Crippen molar-refractivity contribution in [2.75, 3.05) is 39.4 Å². The first-order valence-electron chi connectivity index (χ1n) is 11.8. The zero-order chi connectivity index (χ0) is 20.6. The molecule has 5 rings (SSSR count). The molecule has 0 amide bonds. The van der Waals surface area contributed by atoms with Gasteiger partial charge in [-0.1, -0.05) is 12.5 Å². The van der Waals surface area contributed by atoms with Gasteiger partial charge in [-0.2, -0.15) is 0 Å². The maximum atomic E-state index is 6.10. The minimum atomic E-state index is 0. The molecule has 0 aromatic carbocycles. The topological polar surface area (TPSA) is 58.1 Å². The van der Waals surface area contributed by atoms with E-state index in [4.69, 9.17) is 14.5 Å². The Labute approximate surface area is 207 Å². The predicted octanol–water partition coefficient (Wildman–Crippen LogP) is 3.64. The molecule has 5 unspecified atom stereocenters. The summed E-state index contributed by atoms with van der Waals surface area (Å²) in [6.45, 7) is 9.65. The third-order valence-electron chi connectivity index (χ3n) is 7.68. The quantitative estimate of drug-likeness (QED) is 0.316. The highest BCUT2D eigenvalue weighted by Crippen LogP contribution is 2.62. The van der Waals surface area contributed by atoms with Crippen LogP contribution in [0.25, 0.3) is 0 Å². The van der Waals surface area contributed by atoms with Crippen LogP contribution in [0.3, 0.4) is 0 Å². The number of ether oxygens (including phenoxy) is 2. The molecule has 4 fully saturated rings. The van der Waals surface area contributed by atoms with E-state index in [1.54, 1.807) is 0 Å². The van der Waals surface area contributed by atoms with Crippen LogP contribution in [0.4, 0.5) is 0 Å². The van der Waals surface area contributed by atoms with Crippen LogP contribution in [-0.4, -0.2) is 68.5 Å². The summed E-state index contributed by atoms with van der Waals surface area (Å²) in [4.78, 5) is 9.05. The molecule has 174 valence electrons. The predicted molar refractivity (Wildman–Crippen MR) is 136 cm³/mol. The van der Waals surface area contributed by atoms with Crippen molar-refractivity contribution in [2.24, 2.45) is 16.3 Å². The van der Waals surface area contributed by atoms with Crippen LogP contribution < -0.4 is 10.6 Å². The molecule has 6 nitrogen and oxygen atoms in total. The summed E-state index contributed by atoms with van der Waals surface area (Å²) in [5.41, 5.74) is 0.365. The van der Waals surface area contributed by atoms with Crippen LogP contribution >= 0.6 is 35.3 Å². The molecule has 2 N–H and O–H groups in total. The van der Waals surface area contributed by atoms with Gasteiger partial charge in [0.05, 0.1) is 31.4 Å². The smallest absolute Gasteiger partial charge is 0.191 e. The number of morpholine rings is 1. The SMILES string of the molecule is CCNC(=NCC(c1cccs1)N1CCOC(C)C1)NC1C2CCOC2C12CCC2.I. The first kappa shape index (κ1) is 23.7. The van der Waals surface area contributed by atoms with Gasteiger partial charge in [0.1, 0.15) is 0 Å². The Morgan fingerprint density at radius 3 is 2.90 bits per heavy atom. The van der Waals surface area contributed by atoms with Crippen LogP contribution in [0.2, 0.25) is 0 Å². The van der Waals surface area contributed by atoms with Crippen molar-refractivity contribution in [2.45, 2.75) is 63.8 Å². The number of hydrogen-bond acceptors (Lipinski definition) is 5. The van der Waals surface area contributed by atoms with Gasteiger partial charge in [0.25, 0.3) is 0 Å². The number of rotatable bonds is 6. The minimum absolute atomic E-state index is 0. The summed E-state index contributed by atoms with van der Waals surface area (Å²) in [5, 5.41) is 9.54. The average molecular weight is 561 g/mol. The van der Waals surface area contributed by atoms with Gasteiger partial charge in [-0.3, -0.25) is 9.89 Å². The molecule has 1 aromatic rings. The Morgan fingerprint density at radius 1 is 1.35 bits per heavy atom. The highest BCUT2D eigenvalue weighted by Gasteiger charge is 2.66. The molecule has 5 atom stereocenters. The molecule has 8 heteroatoms. The Kier molecular flexibility index (Phi) is 7.84. The van der Waals surface area contributed by atoms with Crippen molar-refractivity contribution in [3.8, 4) is 0 Å². The Morgan fingerprint density at radius 2 is 2.23 bits per heavy atom. The van der Waals surface area contributed by atoms with Gasteiger partial charge in [-0.25, -0.2) is 0 Å². The van der Waals surface area contributed by atoms with Crippen LogP contribution in [0.15, 0.2) is 22.5 Å². The van der Waals surface area contributed by atoms with Gasteiger partial charge < -0.3 is 20.1 Å². The maximum Gasteiger partial charge on any atom is 0.191 e. The summed E-state index contributed by atoms with van der Waals surface area (Å²) >= 11 is 1.84. The van der Waals surface area contributed by atoms with E-state index in [-0.39, 0.29) is 30.1 Å². The van der Waals surface area contributed by atoms with E-state index in [1.165, 1.54) is 30.6 Å². The summed E-state index contributed by atoms with van der Waals surface area (Å²) in [6.07, 6.45) is 5.90. The van der Waals surface area contributed by atoms with E-state index < -0.39 is 0 Å². The molecule has 0 bridgehead atoms. The number of nitrogens with one attached hydrogen (secondary N) is 2. The normalized spacial score (nSPS) is 33.0. The van der Waals surface area contributed by atoms with Gasteiger partial charge in [-0.05, 0) is 44.6 Å². The first-order chi connectivity index (χ1) is 14.7. The van der Waals surface area contributed by atoms with Crippen molar-refractivity contribution >= 4 is 41.3 Å². The second-order valence-corrected chi connectivity index (χ2v) is 10.4. The second-order valence-electron chi connectivity index (χ2n) is 9.38. The van der Waals surface area contributed by atoms with E-state index in [0.717, 1.165) is 45.4 Å². The first-order valence-corrected chi connectivity index (χ1v) is 12.6. The fourth-order valence-corrected chi connectivity index (χ4v) is 6.95. The highest BCUT2D eigenvalue weighted by atomic mass is 127. The lowest BCUT2D eigenvalue weighted by atomic mass is 9.46. The monoisotopic (exact) mass is 560 g/mol. The summed E-state index contributed by atoms with van der Waals surface area (Å²) in [6, 6.07) is 5.23. The second kappa shape index (κ2) is 10.2. The Hall–Kier alpha value is -0.420. The number of guanidine groups is 1. The lowest BCUT2D eigenvalue weighted by Gasteiger charge is -2.63. The molecule has 1 spiro atoms. The van der Waals surface area contributed by atoms with Crippen LogP contribution in [0.1, 0.15) is 50.4 Å². The minimum Gasteiger partial charge on any atom is -0.377 e. The summed E-state index contributed by atoms with van der Waals surface area (Å²) in [7, 11) is 0. The molecular weight excluding hydrogens is 523 g/mol. The van der Waals surface area contributed by atoms with Crippen LogP contribution in [-0.2, 0) is 9.47 Å². The third kappa shape index (κ3) is 4.52. The van der Waals surface area contributed by atoms with Gasteiger partial charge in [0.15, 0.2) is 5.96 Å². The van der Waals surface area contributed by atoms with E-state index in [1.807, 2.05) is 11.3 Å². The van der Waals surface area contributed by atoms with Crippen molar-refractivity contribution in [1.29, 1.82) is 0 Å². The van der Waals surface area contributed by atoms with Crippen molar-refractivity contribution in [3.63, 3.8) is 0 Å². The highest BCUT2D eigenvalue weighted by molar-refractivity contribution is 14.0. The zero-order valence-electron chi connectivity index (χ0n) is 18.7. The average Bonchev–Trinajstić information content (AvgIpc) is 3.36. The van der Waals surface area contributed by atoms with E-state index in [2.05, 4.69) is 46.9 Å². The summed E-state index contributed by atoms with van der Waals surface area (Å²) < 4.78 is 11.9. The fraction of sp³-hybridized carbons (Fsp3) is 0.783. The Balaban J connectivity index is 0.00000231. The summed E-state index contributed by atoms with van der Waals surface area (Å²) in [5.74, 6) is 1.63. The lowest BCUT2D eigenvalue weighted by molar-refractivity contribution is -0.171. The molecular formula is C23H37IN4O2S.